The summed E-state index contributed by atoms with van der Waals surface area (Å²) in [5.41, 5.74) is -0.894. The zero-order valence-electron chi connectivity index (χ0n) is 11.8. The molecule has 1 saturated heterocycles. The lowest BCUT2D eigenvalue weighted by Gasteiger charge is -2.40. The first-order chi connectivity index (χ1) is 9.10. The second-order valence-corrected chi connectivity index (χ2v) is 5.67. The lowest BCUT2D eigenvalue weighted by atomic mass is 9.67. The molecule has 0 radical (unpaired) electrons. The Labute approximate surface area is 114 Å². The van der Waals surface area contributed by atoms with Crippen LogP contribution in [0.25, 0.3) is 0 Å². The third-order valence-corrected chi connectivity index (χ3v) is 4.41. The molecular weight excluding hydrogens is 246 g/mol. The molecule has 0 aromatic carbocycles. The fourth-order valence-corrected chi connectivity index (χ4v) is 3.00. The van der Waals surface area contributed by atoms with Crippen molar-refractivity contribution in [2.24, 2.45) is 11.3 Å². The van der Waals surface area contributed by atoms with Gasteiger partial charge in [-0.05, 0) is 31.6 Å². The van der Waals surface area contributed by atoms with Gasteiger partial charge in [0.1, 0.15) is 5.41 Å². The predicted molar refractivity (Wildman–Crippen MR) is 69.5 cm³/mol. The monoisotopic (exact) mass is 269 g/mol. The van der Waals surface area contributed by atoms with Crippen LogP contribution in [0.1, 0.15) is 32.1 Å². The molecule has 0 bridgehead atoms. The van der Waals surface area contributed by atoms with Gasteiger partial charge in [-0.15, -0.1) is 0 Å². The molecule has 1 saturated carbocycles. The Morgan fingerprint density at radius 3 is 2.42 bits per heavy atom. The summed E-state index contributed by atoms with van der Waals surface area (Å²) in [5.74, 6) is 0.0390. The van der Waals surface area contributed by atoms with Crippen LogP contribution in [0.5, 0.6) is 0 Å². The zero-order valence-corrected chi connectivity index (χ0v) is 11.8. The molecule has 5 heteroatoms. The van der Waals surface area contributed by atoms with Gasteiger partial charge in [0, 0.05) is 26.8 Å². The van der Waals surface area contributed by atoms with Gasteiger partial charge in [0.05, 0.1) is 7.11 Å². The fraction of sp³-hybridized carbons (Fsp3) is 0.857. The standard InChI is InChI=1S/C14H23NO4/c1-15(10-11-4-8-19-9-5-11)12(16)14(6-3-7-14)13(17)18-2/h11H,3-10H2,1-2H3. The zero-order chi connectivity index (χ0) is 13.9. The summed E-state index contributed by atoms with van der Waals surface area (Å²) in [5, 5.41) is 0. The Balaban J connectivity index is 1.95. The van der Waals surface area contributed by atoms with Crippen LogP contribution in [0.15, 0.2) is 0 Å². The summed E-state index contributed by atoms with van der Waals surface area (Å²) in [6.45, 7) is 2.25. The third-order valence-electron chi connectivity index (χ3n) is 4.41. The van der Waals surface area contributed by atoms with Crippen LogP contribution in [0, 0.1) is 11.3 Å². The number of hydrogen-bond acceptors (Lipinski definition) is 4. The molecule has 1 aliphatic heterocycles. The van der Waals surface area contributed by atoms with Crippen LogP contribution in [-0.4, -0.2) is 50.7 Å². The highest BCUT2D eigenvalue weighted by atomic mass is 16.5. The Kier molecular flexibility index (Phi) is 4.45. The van der Waals surface area contributed by atoms with E-state index in [1.54, 1.807) is 11.9 Å². The SMILES string of the molecule is COC(=O)C1(C(=O)N(C)CC2CCOCC2)CCC1. The summed E-state index contributed by atoms with van der Waals surface area (Å²) in [6, 6.07) is 0. The number of hydrogen-bond donors (Lipinski definition) is 0. The van der Waals surface area contributed by atoms with Crippen molar-refractivity contribution in [3.05, 3.63) is 0 Å². The van der Waals surface area contributed by atoms with E-state index in [1.807, 2.05) is 0 Å². The Morgan fingerprint density at radius 2 is 1.95 bits per heavy atom. The Morgan fingerprint density at radius 1 is 1.32 bits per heavy atom. The number of methoxy groups -OCH3 is 1. The highest BCUT2D eigenvalue weighted by Crippen LogP contribution is 2.43. The van der Waals surface area contributed by atoms with E-state index in [4.69, 9.17) is 9.47 Å². The quantitative estimate of drug-likeness (QED) is 0.569. The first-order valence-corrected chi connectivity index (χ1v) is 7.02. The molecule has 0 unspecified atom stereocenters. The van der Waals surface area contributed by atoms with Crippen molar-refractivity contribution in [2.75, 3.05) is 33.9 Å². The highest BCUT2D eigenvalue weighted by molar-refractivity contribution is 6.03. The molecule has 2 fully saturated rings. The maximum Gasteiger partial charge on any atom is 0.321 e. The summed E-state index contributed by atoms with van der Waals surface area (Å²) >= 11 is 0. The van der Waals surface area contributed by atoms with E-state index in [0.29, 0.717) is 25.3 Å². The van der Waals surface area contributed by atoms with Crippen molar-refractivity contribution >= 4 is 11.9 Å². The molecule has 1 aliphatic carbocycles. The Bertz CT molecular complexity index is 345. The number of amides is 1. The first kappa shape index (κ1) is 14.3. The van der Waals surface area contributed by atoms with Gasteiger partial charge >= 0.3 is 5.97 Å². The van der Waals surface area contributed by atoms with Gasteiger partial charge in [-0.1, -0.05) is 6.42 Å². The van der Waals surface area contributed by atoms with Gasteiger partial charge in [-0.25, -0.2) is 0 Å². The highest BCUT2D eigenvalue weighted by Gasteiger charge is 2.53. The minimum absolute atomic E-state index is 0.0721. The molecule has 0 spiro atoms. The number of ether oxygens (including phenoxy) is 2. The maximum atomic E-state index is 12.5. The Hall–Kier alpha value is -1.10. The van der Waals surface area contributed by atoms with Gasteiger partial charge in [0.25, 0.3) is 0 Å². The topological polar surface area (TPSA) is 55.8 Å². The van der Waals surface area contributed by atoms with E-state index in [9.17, 15) is 9.59 Å². The summed E-state index contributed by atoms with van der Waals surface area (Å²) in [7, 11) is 3.15. The molecule has 0 N–H and O–H groups in total. The van der Waals surface area contributed by atoms with Crippen LogP contribution in [0.3, 0.4) is 0 Å². The molecule has 1 heterocycles. The summed E-state index contributed by atoms with van der Waals surface area (Å²) < 4.78 is 10.1. The number of carbonyl (C=O) groups is 2. The van der Waals surface area contributed by atoms with Crippen molar-refractivity contribution in [2.45, 2.75) is 32.1 Å². The molecular formula is C14H23NO4. The number of carbonyl (C=O) groups excluding carboxylic acids is 2. The molecule has 108 valence electrons. The molecule has 2 aliphatic rings. The van der Waals surface area contributed by atoms with E-state index in [1.165, 1.54) is 7.11 Å². The largest absolute Gasteiger partial charge is 0.468 e. The molecule has 0 aromatic heterocycles. The number of nitrogens with zero attached hydrogens (tertiary/aromatic N) is 1. The first-order valence-electron chi connectivity index (χ1n) is 7.02. The average molecular weight is 269 g/mol. The predicted octanol–water partition coefficient (Wildman–Crippen LogP) is 1.21. The van der Waals surface area contributed by atoms with Crippen LogP contribution in [0.4, 0.5) is 0 Å². The third kappa shape index (κ3) is 2.76. The smallest absolute Gasteiger partial charge is 0.321 e. The van der Waals surface area contributed by atoms with Crippen molar-refractivity contribution in [3.63, 3.8) is 0 Å². The van der Waals surface area contributed by atoms with Crippen LogP contribution >= 0.6 is 0 Å². The second-order valence-electron chi connectivity index (χ2n) is 5.67. The lowest BCUT2D eigenvalue weighted by molar-refractivity contribution is -0.169. The fourth-order valence-electron chi connectivity index (χ4n) is 3.00. The lowest BCUT2D eigenvalue weighted by Crippen LogP contribution is -2.53. The van der Waals surface area contributed by atoms with Gasteiger partial charge in [0.15, 0.2) is 0 Å². The summed E-state index contributed by atoms with van der Waals surface area (Å²) in [4.78, 5) is 26.1. The molecule has 0 aromatic rings. The molecule has 19 heavy (non-hydrogen) atoms. The molecule has 5 nitrogen and oxygen atoms in total. The second kappa shape index (κ2) is 5.90. The molecule has 0 atom stereocenters. The van der Waals surface area contributed by atoms with Crippen molar-refractivity contribution in [1.29, 1.82) is 0 Å². The van der Waals surface area contributed by atoms with Gasteiger partial charge in [0.2, 0.25) is 5.91 Å². The minimum atomic E-state index is -0.894. The van der Waals surface area contributed by atoms with E-state index in [-0.39, 0.29) is 11.9 Å². The molecule has 1 amide bonds. The van der Waals surface area contributed by atoms with Crippen LogP contribution < -0.4 is 0 Å². The van der Waals surface area contributed by atoms with Crippen molar-refractivity contribution < 1.29 is 19.1 Å². The average Bonchev–Trinajstić information content (AvgIpc) is 2.38. The van der Waals surface area contributed by atoms with Crippen LogP contribution in [-0.2, 0) is 19.1 Å². The van der Waals surface area contributed by atoms with E-state index < -0.39 is 5.41 Å². The van der Waals surface area contributed by atoms with E-state index in [2.05, 4.69) is 0 Å². The van der Waals surface area contributed by atoms with Crippen LogP contribution in [0.2, 0.25) is 0 Å². The minimum Gasteiger partial charge on any atom is -0.468 e. The van der Waals surface area contributed by atoms with Gasteiger partial charge < -0.3 is 14.4 Å². The molecule has 2 rings (SSSR count). The normalized spacial score (nSPS) is 22.4. The van der Waals surface area contributed by atoms with Gasteiger partial charge in [-0.3, -0.25) is 9.59 Å². The van der Waals surface area contributed by atoms with E-state index >= 15 is 0 Å². The van der Waals surface area contributed by atoms with Crippen molar-refractivity contribution in [1.82, 2.24) is 4.90 Å². The van der Waals surface area contributed by atoms with Gasteiger partial charge in [-0.2, -0.15) is 0 Å². The van der Waals surface area contributed by atoms with E-state index in [0.717, 1.165) is 32.5 Å². The summed E-state index contributed by atoms with van der Waals surface area (Å²) in [6.07, 6.45) is 4.14. The van der Waals surface area contributed by atoms with Crippen molar-refractivity contribution in [3.8, 4) is 0 Å². The maximum absolute atomic E-state index is 12.5. The number of esters is 1. The number of rotatable bonds is 4.